The molecule has 1 aromatic carbocycles. The van der Waals surface area contributed by atoms with E-state index in [0.717, 1.165) is 73.0 Å². The van der Waals surface area contributed by atoms with Gasteiger partial charge in [0.15, 0.2) is 5.78 Å². The molecule has 2 heterocycles. The number of carbonyl (C=O) groups excluding carboxylic acids is 1. The fraction of sp³-hybridized carbons (Fsp3) is 0.333. The summed E-state index contributed by atoms with van der Waals surface area (Å²) in [6, 6.07) is 9.78. The fourth-order valence-corrected chi connectivity index (χ4v) is 3.47. The first kappa shape index (κ1) is 16.8. The molecule has 0 N–H and O–H groups in total. The summed E-state index contributed by atoms with van der Waals surface area (Å²) in [5.41, 5.74) is 3.62. The number of allylic oxidation sites excluding steroid dienone is 1. The summed E-state index contributed by atoms with van der Waals surface area (Å²) in [6.07, 6.45) is 5.42. The lowest BCUT2D eigenvalue weighted by Crippen LogP contribution is -2.36. The summed E-state index contributed by atoms with van der Waals surface area (Å²) in [5, 5.41) is 0. The van der Waals surface area contributed by atoms with Crippen LogP contribution in [0.4, 0.5) is 5.82 Å². The van der Waals surface area contributed by atoms with Crippen LogP contribution in [0.25, 0.3) is 6.08 Å². The number of benzene rings is 1. The summed E-state index contributed by atoms with van der Waals surface area (Å²) < 4.78 is 10.6. The summed E-state index contributed by atoms with van der Waals surface area (Å²) in [7, 11) is 1.62. The number of rotatable bonds is 3. The van der Waals surface area contributed by atoms with E-state index in [1.807, 2.05) is 42.6 Å². The van der Waals surface area contributed by atoms with E-state index in [-0.39, 0.29) is 5.78 Å². The third-order valence-electron chi connectivity index (χ3n) is 4.96. The van der Waals surface area contributed by atoms with Crippen LogP contribution >= 0.6 is 0 Å². The van der Waals surface area contributed by atoms with E-state index >= 15 is 0 Å². The lowest BCUT2D eigenvalue weighted by Gasteiger charge is -2.27. The molecule has 2 aromatic rings. The van der Waals surface area contributed by atoms with Crippen LogP contribution in [0.1, 0.15) is 27.9 Å². The van der Waals surface area contributed by atoms with Crippen molar-refractivity contribution < 1.29 is 14.3 Å². The van der Waals surface area contributed by atoms with Gasteiger partial charge in [-0.1, -0.05) is 6.07 Å². The Labute approximate surface area is 153 Å². The van der Waals surface area contributed by atoms with Crippen LogP contribution in [0, 0.1) is 0 Å². The first-order chi connectivity index (χ1) is 12.7. The zero-order chi connectivity index (χ0) is 17.9. The van der Waals surface area contributed by atoms with E-state index in [1.165, 1.54) is 0 Å². The van der Waals surface area contributed by atoms with Crippen LogP contribution in [0.5, 0.6) is 5.75 Å². The molecule has 2 aliphatic rings. The molecule has 0 saturated carbocycles. The lowest BCUT2D eigenvalue weighted by molar-refractivity contribution is 0.102. The molecule has 0 bridgehead atoms. The highest BCUT2D eigenvalue weighted by Gasteiger charge is 2.22. The van der Waals surface area contributed by atoms with Crippen molar-refractivity contribution in [2.45, 2.75) is 12.8 Å². The Kier molecular flexibility index (Phi) is 4.71. The van der Waals surface area contributed by atoms with Crippen molar-refractivity contribution in [1.82, 2.24) is 4.98 Å². The first-order valence-electron chi connectivity index (χ1n) is 8.95. The van der Waals surface area contributed by atoms with Crippen molar-refractivity contribution in [3.8, 4) is 5.75 Å². The van der Waals surface area contributed by atoms with Gasteiger partial charge >= 0.3 is 0 Å². The van der Waals surface area contributed by atoms with Gasteiger partial charge in [0.2, 0.25) is 0 Å². The minimum Gasteiger partial charge on any atom is -0.497 e. The zero-order valence-corrected chi connectivity index (χ0v) is 14.9. The van der Waals surface area contributed by atoms with Crippen molar-refractivity contribution >= 4 is 17.7 Å². The average Bonchev–Trinajstić information content (AvgIpc) is 2.71. The summed E-state index contributed by atoms with van der Waals surface area (Å²) in [4.78, 5) is 19.6. The Morgan fingerprint density at radius 1 is 1.15 bits per heavy atom. The van der Waals surface area contributed by atoms with Crippen molar-refractivity contribution in [2.24, 2.45) is 0 Å². The molecule has 5 heteroatoms. The van der Waals surface area contributed by atoms with E-state index in [1.54, 1.807) is 7.11 Å². The monoisotopic (exact) mass is 350 g/mol. The summed E-state index contributed by atoms with van der Waals surface area (Å²) in [6.45, 7) is 3.21. The van der Waals surface area contributed by atoms with Gasteiger partial charge in [-0.25, -0.2) is 4.98 Å². The van der Waals surface area contributed by atoms with Gasteiger partial charge in [-0.3, -0.25) is 4.79 Å². The predicted molar refractivity (Wildman–Crippen MR) is 101 cm³/mol. The third kappa shape index (κ3) is 3.35. The molecule has 1 aliphatic heterocycles. The number of methoxy groups -OCH3 is 1. The minimum atomic E-state index is 0.0856. The van der Waals surface area contributed by atoms with Gasteiger partial charge in [-0.2, -0.15) is 0 Å². The number of nitrogens with zero attached hydrogens (tertiary/aromatic N) is 2. The molecule has 1 aromatic heterocycles. The molecule has 0 unspecified atom stereocenters. The number of aromatic nitrogens is 1. The number of carbonyl (C=O) groups is 1. The van der Waals surface area contributed by atoms with Crippen molar-refractivity contribution in [3.63, 3.8) is 0 Å². The van der Waals surface area contributed by atoms with E-state index in [0.29, 0.717) is 0 Å². The normalized spacial score (nSPS) is 18.7. The van der Waals surface area contributed by atoms with Crippen LogP contribution in [-0.2, 0) is 11.2 Å². The number of hydrogen-bond acceptors (Lipinski definition) is 5. The largest absolute Gasteiger partial charge is 0.497 e. The number of hydrogen-bond donors (Lipinski definition) is 0. The van der Waals surface area contributed by atoms with Crippen molar-refractivity contribution in [3.05, 3.63) is 58.8 Å². The second-order valence-electron chi connectivity index (χ2n) is 6.57. The third-order valence-corrected chi connectivity index (χ3v) is 4.96. The Hall–Kier alpha value is -2.66. The van der Waals surface area contributed by atoms with E-state index in [9.17, 15) is 4.79 Å². The Morgan fingerprint density at radius 2 is 2.00 bits per heavy atom. The Balaban J connectivity index is 1.55. The molecule has 0 amide bonds. The molecule has 1 fully saturated rings. The van der Waals surface area contributed by atoms with Crippen LogP contribution in [0.2, 0.25) is 0 Å². The second kappa shape index (κ2) is 7.30. The SMILES string of the molecule is COc1ccc2c(c1)C(=O)/C(=C/c1ccc(N3CCOCC3)nc1)CC2. The van der Waals surface area contributed by atoms with Gasteiger partial charge in [0.25, 0.3) is 0 Å². The molecule has 1 saturated heterocycles. The smallest absolute Gasteiger partial charge is 0.189 e. The molecule has 0 atom stereocenters. The topological polar surface area (TPSA) is 51.7 Å². The van der Waals surface area contributed by atoms with E-state index in [4.69, 9.17) is 9.47 Å². The maximum Gasteiger partial charge on any atom is 0.189 e. The maximum atomic E-state index is 12.8. The summed E-state index contributed by atoms with van der Waals surface area (Å²) >= 11 is 0. The zero-order valence-electron chi connectivity index (χ0n) is 14.9. The van der Waals surface area contributed by atoms with Gasteiger partial charge in [0, 0.05) is 30.4 Å². The number of ketones is 1. The van der Waals surface area contributed by atoms with E-state index < -0.39 is 0 Å². The Bertz CT molecular complexity index is 837. The van der Waals surface area contributed by atoms with Gasteiger partial charge in [0.05, 0.1) is 20.3 Å². The van der Waals surface area contributed by atoms with Crippen LogP contribution in [0.15, 0.2) is 42.1 Å². The standard InChI is InChI=1S/C21H22N2O3/c1-25-18-6-5-16-3-4-17(21(24)19(16)13-18)12-15-2-7-20(22-14-15)23-8-10-26-11-9-23/h2,5-7,12-14H,3-4,8-11H2,1H3/b17-12+. The first-order valence-corrected chi connectivity index (χ1v) is 8.95. The highest BCUT2D eigenvalue weighted by molar-refractivity contribution is 6.13. The van der Waals surface area contributed by atoms with Gasteiger partial charge < -0.3 is 14.4 Å². The average molecular weight is 350 g/mol. The molecule has 5 nitrogen and oxygen atoms in total. The number of aryl methyl sites for hydroxylation is 1. The van der Waals surface area contributed by atoms with Crippen LogP contribution in [0.3, 0.4) is 0 Å². The van der Waals surface area contributed by atoms with Gasteiger partial charge in [-0.15, -0.1) is 0 Å². The van der Waals surface area contributed by atoms with Crippen molar-refractivity contribution in [2.75, 3.05) is 38.3 Å². The minimum absolute atomic E-state index is 0.0856. The second-order valence-corrected chi connectivity index (χ2v) is 6.57. The van der Waals surface area contributed by atoms with Gasteiger partial charge in [-0.05, 0) is 54.3 Å². The molecule has 134 valence electrons. The molecular formula is C21H22N2O3. The number of morpholine rings is 1. The number of pyridine rings is 1. The quantitative estimate of drug-likeness (QED) is 0.796. The molecular weight excluding hydrogens is 328 g/mol. The molecule has 4 rings (SSSR count). The predicted octanol–water partition coefficient (Wildman–Crippen LogP) is 3.14. The molecule has 0 spiro atoms. The van der Waals surface area contributed by atoms with Crippen molar-refractivity contribution in [1.29, 1.82) is 0 Å². The van der Waals surface area contributed by atoms with Crippen LogP contribution < -0.4 is 9.64 Å². The molecule has 0 radical (unpaired) electrons. The van der Waals surface area contributed by atoms with Crippen LogP contribution in [-0.4, -0.2) is 44.2 Å². The maximum absolute atomic E-state index is 12.8. The highest BCUT2D eigenvalue weighted by Crippen LogP contribution is 2.29. The number of anilines is 1. The lowest BCUT2D eigenvalue weighted by atomic mass is 9.86. The molecule has 1 aliphatic carbocycles. The summed E-state index contributed by atoms with van der Waals surface area (Å²) in [5.74, 6) is 1.76. The highest BCUT2D eigenvalue weighted by atomic mass is 16.5. The number of Topliss-reactive ketones (excluding diaryl/α,β-unsaturated/α-hetero) is 1. The fourth-order valence-electron chi connectivity index (χ4n) is 3.47. The van der Waals surface area contributed by atoms with E-state index in [2.05, 4.69) is 9.88 Å². The number of ether oxygens (including phenoxy) is 2. The Morgan fingerprint density at radius 3 is 2.73 bits per heavy atom. The molecule has 26 heavy (non-hydrogen) atoms. The number of fused-ring (bicyclic) bond motifs is 1. The van der Waals surface area contributed by atoms with Gasteiger partial charge in [0.1, 0.15) is 11.6 Å².